The van der Waals surface area contributed by atoms with Crippen LogP contribution >= 0.6 is 0 Å². The molecular formula is C18H26N4O2. The normalized spacial score (nSPS) is 10.8. The molecule has 1 aromatic carbocycles. The van der Waals surface area contributed by atoms with Crippen LogP contribution in [0, 0.1) is 0 Å². The van der Waals surface area contributed by atoms with Crippen molar-refractivity contribution in [1.82, 2.24) is 15.0 Å². The first kappa shape index (κ1) is 18.1. The van der Waals surface area contributed by atoms with Gasteiger partial charge in [0.05, 0.1) is 0 Å². The third-order valence-corrected chi connectivity index (χ3v) is 3.81. The molecule has 0 aliphatic heterocycles. The van der Waals surface area contributed by atoms with Crippen molar-refractivity contribution in [3.63, 3.8) is 0 Å². The lowest BCUT2D eigenvalue weighted by molar-refractivity contribution is -0.131. The molecule has 0 aliphatic carbocycles. The first-order valence-corrected chi connectivity index (χ1v) is 8.57. The maximum Gasteiger partial charge on any atom is 0.227 e. The summed E-state index contributed by atoms with van der Waals surface area (Å²) >= 11 is 0. The van der Waals surface area contributed by atoms with Crippen molar-refractivity contribution in [2.45, 2.75) is 46.1 Å². The Balaban J connectivity index is 1.94. The third kappa shape index (κ3) is 4.89. The van der Waals surface area contributed by atoms with Crippen LogP contribution in [0.4, 0.5) is 0 Å². The average Bonchev–Trinajstić information content (AvgIpc) is 3.08. The van der Waals surface area contributed by atoms with E-state index in [2.05, 4.69) is 24.0 Å². The zero-order chi connectivity index (χ0) is 17.4. The summed E-state index contributed by atoms with van der Waals surface area (Å²) in [7, 11) is 0. The number of carbonyl (C=O) groups excluding carboxylic acids is 1. The average molecular weight is 330 g/mol. The fourth-order valence-corrected chi connectivity index (χ4v) is 2.54. The van der Waals surface area contributed by atoms with E-state index < -0.39 is 0 Å². The van der Waals surface area contributed by atoms with Crippen LogP contribution in [0.15, 0.2) is 28.8 Å². The van der Waals surface area contributed by atoms with Crippen LogP contribution < -0.4 is 5.73 Å². The van der Waals surface area contributed by atoms with Gasteiger partial charge in [-0.05, 0) is 18.4 Å². The first-order valence-electron chi connectivity index (χ1n) is 8.57. The van der Waals surface area contributed by atoms with Crippen molar-refractivity contribution in [2.24, 2.45) is 5.73 Å². The van der Waals surface area contributed by atoms with E-state index in [9.17, 15) is 4.79 Å². The molecule has 2 rings (SSSR count). The van der Waals surface area contributed by atoms with Crippen molar-refractivity contribution in [3.8, 4) is 11.4 Å². The minimum atomic E-state index is 0.144. The molecule has 2 aromatic rings. The second-order valence-corrected chi connectivity index (χ2v) is 5.79. The maximum atomic E-state index is 12.3. The lowest BCUT2D eigenvalue weighted by Crippen LogP contribution is -2.32. The Morgan fingerprint density at radius 1 is 1.17 bits per heavy atom. The molecule has 0 fully saturated rings. The molecule has 1 aromatic heterocycles. The predicted octanol–water partition coefficient (Wildman–Crippen LogP) is 2.78. The number of amides is 1. The Hall–Kier alpha value is -2.21. The number of nitrogens with two attached hydrogens (primary N) is 1. The van der Waals surface area contributed by atoms with E-state index in [0.717, 1.165) is 37.1 Å². The Morgan fingerprint density at radius 2 is 1.83 bits per heavy atom. The van der Waals surface area contributed by atoms with Crippen LogP contribution in [0.2, 0.25) is 0 Å². The molecule has 6 nitrogen and oxygen atoms in total. The van der Waals surface area contributed by atoms with E-state index in [-0.39, 0.29) is 5.91 Å². The molecule has 0 atom stereocenters. The molecule has 2 N–H and O–H groups in total. The largest absolute Gasteiger partial charge is 0.343 e. The van der Waals surface area contributed by atoms with E-state index in [4.69, 9.17) is 10.3 Å². The smallest absolute Gasteiger partial charge is 0.227 e. The topological polar surface area (TPSA) is 85.2 Å². The van der Waals surface area contributed by atoms with Crippen LogP contribution in [0.5, 0.6) is 0 Å². The fraction of sp³-hybridized carbons (Fsp3) is 0.500. The fourth-order valence-electron chi connectivity index (χ4n) is 2.54. The molecule has 1 amide bonds. The Kier molecular flexibility index (Phi) is 6.93. The minimum Gasteiger partial charge on any atom is -0.343 e. The van der Waals surface area contributed by atoms with Gasteiger partial charge in [-0.2, -0.15) is 4.98 Å². The molecule has 130 valence electrons. The second kappa shape index (κ2) is 9.17. The van der Waals surface area contributed by atoms with Crippen molar-refractivity contribution < 1.29 is 9.32 Å². The Labute approximate surface area is 143 Å². The highest BCUT2D eigenvalue weighted by Crippen LogP contribution is 2.17. The third-order valence-electron chi connectivity index (χ3n) is 3.81. The summed E-state index contributed by atoms with van der Waals surface area (Å²) in [5, 5.41) is 4.00. The molecule has 0 saturated carbocycles. The molecule has 0 aliphatic rings. The zero-order valence-corrected chi connectivity index (χ0v) is 14.5. The van der Waals surface area contributed by atoms with Gasteiger partial charge in [0.25, 0.3) is 0 Å². The van der Waals surface area contributed by atoms with Gasteiger partial charge in [-0.25, -0.2) is 0 Å². The van der Waals surface area contributed by atoms with E-state index in [1.807, 2.05) is 29.2 Å². The first-order chi connectivity index (χ1) is 11.7. The van der Waals surface area contributed by atoms with Crippen molar-refractivity contribution in [3.05, 3.63) is 35.7 Å². The van der Waals surface area contributed by atoms with Gasteiger partial charge >= 0.3 is 0 Å². The number of aromatic nitrogens is 2. The minimum absolute atomic E-state index is 0.144. The van der Waals surface area contributed by atoms with Crippen LogP contribution in [0.3, 0.4) is 0 Å². The van der Waals surface area contributed by atoms with Crippen LogP contribution in [-0.2, 0) is 17.8 Å². The number of aryl methyl sites for hydroxylation is 1. The van der Waals surface area contributed by atoms with Gasteiger partial charge in [-0.15, -0.1) is 0 Å². The molecule has 1 heterocycles. The van der Waals surface area contributed by atoms with Crippen LogP contribution in [-0.4, -0.2) is 34.0 Å². The van der Waals surface area contributed by atoms with Gasteiger partial charge in [0, 0.05) is 38.0 Å². The Bertz CT molecular complexity index is 631. The van der Waals surface area contributed by atoms with Gasteiger partial charge in [-0.1, -0.05) is 43.3 Å². The number of carbonyl (C=O) groups is 1. The van der Waals surface area contributed by atoms with E-state index in [0.29, 0.717) is 31.1 Å². The number of hydrogen-bond acceptors (Lipinski definition) is 5. The Morgan fingerprint density at radius 3 is 2.42 bits per heavy atom. The number of hydrogen-bond donors (Lipinski definition) is 1. The van der Waals surface area contributed by atoms with Gasteiger partial charge in [-0.3, -0.25) is 4.79 Å². The van der Waals surface area contributed by atoms with Crippen molar-refractivity contribution >= 4 is 5.91 Å². The molecule has 0 radical (unpaired) electrons. The zero-order valence-electron chi connectivity index (χ0n) is 14.5. The second-order valence-electron chi connectivity index (χ2n) is 5.79. The summed E-state index contributed by atoms with van der Waals surface area (Å²) in [6.45, 7) is 6.27. The van der Waals surface area contributed by atoms with E-state index in [1.165, 1.54) is 0 Å². The predicted molar refractivity (Wildman–Crippen MR) is 93.1 cm³/mol. The summed E-state index contributed by atoms with van der Waals surface area (Å²) < 4.78 is 5.27. The quantitative estimate of drug-likeness (QED) is 0.764. The van der Waals surface area contributed by atoms with Crippen molar-refractivity contribution in [2.75, 3.05) is 13.1 Å². The highest BCUT2D eigenvalue weighted by atomic mass is 16.5. The van der Waals surface area contributed by atoms with Crippen LogP contribution in [0.1, 0.15) is 44.6 Å². The van der Waals surface area contributed by atoms with Gasteiger partial charge in [0.15, 0.2) is 0 Å². The summed E-state index contributed by atoms with van der Waals surface area (Å²) in [4.78, 5) is 18.6. The number of rotatable bonds is 9. The maximum absolute atomic E-state index is 12.3. The summed E-state index contributed by atoms with van der Waals surface area (Å²) in [5.74, 6) is 1.18. The SMILES string of the molecule is CCCN(CCC)C(=O)CCc1nc(-c2ccc(CN)cc2)no1. The summed E-state index contributed by atoms with van der Waals surface area (Å²) in [6, 6.07) is 7.74. The highest BCUT2D eigenvalue weighted by molar-refractivity contribution is 5.76. The van der Waals surface area contributed by atoms with E-state index >= 15 is 0 Å². The monoisotopic (exact) mass is 330 g/mol. The highest BCUT2D eigenvalue weighted by Gasteiger charge is 2.14. The molecule has 0 spiro atoms. The molecule has 6 heteroatoms. The van der Waals surface area contributed by atoms with Gasteiger partial charge in [0.2, 0.25) is 17.6 Å². The summed E-state index contributed by atoms with van der Waals surface area (Å²) in [5.41, 5.74) is 7.53. The van der Waals surface area contributed by atoms with Gasteiger partial charge < -0.3 is 15.2 Å². The lowest BCUT2D eigenvalue weighted by atomic mass is 10.1. The molecule has 0 unspecified atom stereocenters. The standard InChI is InChI=1S/C18H26N4O2/c1-3-11-22(12-4-2)17(23)10-9-16-20-18(21-24-16)15-7-5-14(13-19)6-8-15/h5-8H,3-4,9-13,19H2,1-2H3. The van der Waals surface area contributed by atoms with Gasteiger partial charge in [0.1, 0.15) is 0 Å². The molecule has 24 heavy (non-hydrogen) atoms. The number of nitrogens with zero attached hydrogens (tertiary/aromatic N) is 3. The van der Waals surface area contributed by atoms with Crippen LogP contribution in [0.25, 0.3) is 11.4 Å². The van der Waals surface area contributed by atoms with E-state index in [1.54, 1.807) is 0 Å². The number of benzene rings is 1. The molecule has 0 bridgehead atoms. The molecular weight excluding hydrogens is 304 g/mol. The molecule has 0 saturated heterocycles. The summed E-state index contributed by atoms with van der Waals surface area (Å²) in [6.07, 6.45) is 2.80. The van der Waals surface area contributed by atoms with Crippen molar-refractivity contribution in [1.29, 1.82) is 0 Å². The lowest BCUT2D eigenvalue weighted by Gasteiger charge is -2.20.